The highest BCUT2D eigenvalue weighted by Crippen LogP contribution is 2.20. The average Bonchev–Trinajstić information content (AvgIpc) is 2.86. The van der Waals surface area contributed by atoms with Crippen LogP contribution in [0.2, 0.25) is 0 Å². The normalized spacial score (nSPS) is 13.5. The van der Waals surface area contributed by atoms with Crippen molar-refractivity contribution in [2.45, 2.75) is 66.5 Å². The second-order valence-corrected chi connectivity index (χ2v) is 7.08. The Labute approximate surface area is 126 Å². The SMILES string of the molecule is Cc1nc2scc(C)n2c1CNC(C)CCCC(C)C. The second-order valence-electron chi connectivity index (χ2n) is 6.25. The molecule has 4 heteroatoms. The van der Waals surface area contributed by atoms with Crippen molar-refractivity contribution in [3.05, 3.63) is 22.5 Å². The zero-order valence-electron chi connectivity index (χ0n) is 13.4. The largest absolute Gasteiger partial charge is 0.309 e. The van der Waals surface area contributed by atoms with Crippen LogP contribution in [0.1, 0.15) is 57.1 Å². The van der Waals surface area contributed by atoms with Gasteiger partial charge in [0, 0.05) is 23.7 Å². The van der Waals surface area contributed by atoms with Gasteiger partial charge >= 0.3 is 0 Å². The van der Waals surface area contributed by atoms with Crippen LogP contribution in [0.25, 0.3) is 4.96 Å². The summed E-state index contributed by atoms with van der Waals surface area (Å²) < 4.78 is 2.29. The summed E-state index contributed by atoms with van der Waals surface area (Å²) in [5.74, 6) is 0.812. The molecule has 0 aliphatic heterocycles. The van der Waals surface area contributed by atoms with Crippen LogP contribution in [-0.4, -0.2) is 15.4 Å². The van der Waals surface area contributed by atoms with Gasteiger partial charge in [-0.15, -0.1) is 11.3 Å². The summed E-state index contributed by atoms with van der Waals surface area (Å²) in [5.41, 5.74) is 3.76. The number of hydrogen-bond donors (Lipinski definition) is 1. The van der Waals surface area contributed by atoms with E-state index < -0.39 is 0 Å². The van der Waals surface area contributed by atoms with Gasteiger partial charge in [-0.05, 0) is 33.1 Å². The van der Waals surface area contributed by atoms with Gasteiger partial charge in [0.2, 0.25) is 0 Å². The van der Waals surface area contributed by atoms with E-state index in [0.29, 0.717) is 6.04 Å². The van der Waals surface area contributed by atoms with Crippen molar-refractivity contribution in [1.82, 2.24) is 14.7 Å². The third kappa shape index (κ3) is 3.61. The maximum atomic E-state index is 4.64. The molecule has 0 spiro atoms. The van der Waals surface area contributed by atoms with Gasteiger partial charge in [-0.25, -0.2) is 4.98 Å². The summed E-state index contributed by atoms with van der Waals surface area (Å²) in [7, 11) is 0. The standard InChI is InChI=1S/C16H27N3S/c1-11(2)7-6-8-12(3)17-9-15-14(5)18-16-19(15)13(4)10-20-16/h10-12,17H,6-9H2,1-5H3. The third-order valence-corrected chi connectivity index (χ3v) is 4.81. The van der Waals surface area contributed by atoms with E-state index in [1.54, 1.807) is 11.3 Å². The Bertz CT molecular complexity index is 553. The fraction of sp³-hybridized carbons (Fsp3) is 0.688. The lowest BCUT2D eigenvalue weighted by Crippen LogP contribution is -2.26. The first kappa shape index (κ1) is 15.5. The van der Waals surface area contributed by atoms with E-state index in [0.717, 1.165) is 23.1 Å². The molecule has 3 nitrogen and oxygen atoms in total. The molecule has 0 aromatic carbocycles. The lowest BCUT2D eigenvalue weighted by Gasteiger charge is -2.14. The molecule has 0 aliphatic rings. The van der Waals surface area contributed by atoms with Gasteiger partial charge in [-0.2, -0.15) is 0 Å². The van der Waals surface area contributed by atoms with E-state index in [2.05, 4.69) is 54.7 Å². The lowest BCUT2D eigenvalue weighted by atomic mass is 10.0. The zero-order valence-corrected chi connectivity index (χ0v) is 14.2. The molecule has 1 N–H and O–H groups in total. The van der Waals surface area contributed by atoms with Crippen molar-refractivity contribution in [1.29, 1.82) is 0 Å². The molecule has 2 aromatic heterocycles. The van der Waals surface area contributed by atoms with Gasteiger partial charge in [-0.3, -0.25) is 4.40 Å². The first-order valence-electron chi connectivity index (χ1n) is 7.64. The monoisotopic (exact) mass is 293 g/mol. The molecule has 1 unspecified atom stereocenters. The molecule has 2 aromatic rings. The Morgan fingerprint density at radius 2 is 2.00 bits per heavy atom. The number of imidazole rings is 1. The first-order valence-corrected chi connectivity index (χ1v) is 8.52. The van der Waals surface area contributed by atoms with Crippen molar-refractivity contribution in [3.8, 4) is 0 Å². The molecule has 0 radical (unpaired) electrons. The van der Waals surface area contributed by atoms with Crippen molar-refractivity contribution in [2.24, 2.45) is 5.92 Å². The molecule has 20 heavy (non-hydrogen) atoms. The Kier molecular flexibility index (Phi) is 5.22. The number of aryl methyl sites for hydroxylation is 2. The van der Waals surface area contributed by atoms with Gasteiger partial charge < -0.3 is 5.32 Å². The van der Waals surface area contributed by atoms with Crippen LogP contribution >= 0.6 is 11.3 Å². The summed E-state index contributed by atoms with van der Waals surface area (Å²) in [5, 5.41) is 5.83. The summed E-state index contributed by atoms with van der Waals surface area (Å²) in [6, 6.07) is 0.567. The van der Waals surface area contributed by atoms with Crippen LogP contribution in [-0.2, 0) is 6.54 Å². The Hall–Kier alpha value is -0.870. The van der Waals surface area contributed by atoms with E-state index in [1.807, 2.05) is 0 Å². The maximum absolute atomic E-state index is 4.64. The van der Waals surface area contributed by atoms with Gasteiger partial charge in [0.15, 0.2) is 4.96 Å². The molecule has 2 rings (SSSR count). The highest BCUT2D eigenvalue weighted by atomic mass is 32.1. The molecule has 1 atom stereocenters. The molecule has 0 aliphatic carbocycles. The van der Waals surface area contributed by atoms with Crippen LogP contribution in [0.3, 0.4) is 0 Å². The number of thiazole rings is 1. The Balaban J connectivity index is 1.92. The third-order valence-electron chi connectivity index (χ3n) is 3.87. The number of nitrogens with zero attached hydrogens (tertiary/aromatic N) is 2. The summed E-state index contributed by atoms with van der Waals surface area (Å²) >= 11 is 1.72. The molecule has 112 valence electrons. The first-order chi connectivity index (χ1) is 9.49. The van der Waals surface area contributed by atoms with E-state index >= 15 is 0 Å². The number of nitrogens with one attached hydrogen (secondary N) is 1. The van der Waals surface area contributed by atoms with Crippen molar-refractivity contribution in [2.75, 3.05) is 0 Å². The summed E-state index contributed by atoms with van der Waals surface area (Å²) in [4.78, 5) is 5.75. The van der Waals surface area contributed by atoms with Gasteiger partial charge in [0.1, 0.15) is 0 Å². The van der Waals surface area contributed by atoms with Crippen molar-refractivity contribution < 1.29 is 0 Å². The van der Waals surface area contributed by atoms with Crippen LogP contribution in [0.4, 0.5) is 0 Å². The van der Waals surface area contributed by atoms with Gasteiger partial charge in [0.25, 0.3) is 0 Å². The summed E-state index contributed by atoms with van der Waals surface area (Å²) in [6.45, 7) is 12.1. The number of rotatable bonds is 7. The molecule has 0 saturated carbocycles. The summed E-state index contributed by atoms with van der Waals surface area (Å²) in [6.07, 6.45) is 3.89. The topological polar surface area (TPSA) is 29.3 Å². The number of aromatic nitrogens is 2. The zero-order chi connectivity index (χ0) is 14.7. The second kappa shape index (κ2) is 6.72. The van der Waals surface area contributed by atoms with Crippen molar-refractivity contribution in [3.63, 3.8) is 0 Å². The lowest BCUT2D eigenvalue weighted by molar-refractivity contribution is 0.454. The minimum atomic E-state index is 0.567. The van der Waals surface area contributed by atoms with Gasteiger partial charge in [0.05, 0.1) is 11.4 Å². The Morgan fingerprint density at radius 1 is 1.25 bits per heavy atom. The predicted octanol–water partition coefficient (Wildman–Crippen LogP) is 4.32. The van der Waals surface area contributed by atoms with E-state index in [1.165, 1.54) is 30.7 Å². The van der Waals surface area contributed by atoms with E-state index in [-0.39, 0.29) is 0 Å². The highest BCUT2D eigenvalue weighted by Gasteiger charge is 2.12. The molecular formula is C16H27N3S. The van der Waals surface area contributed by atoms with E-state index in [4.69, 9.17) is 0 Å². The fourth-order valence-electron chi connectivity index (χ4n) is 2.58. The number of fused-ring (bicyclic) bond motifs is 1. The number of hydrogen-bond acceptors (Lipinski definition) is 3. The van der Waals surface area contributed by atoms with Gasteiger partial charge in [-0.1, -0.05) is 26.7 Å². The Morgan fingerprint density at radius 3 is 2.70 bits per heavy atom. The minimum Gasteiger partial charge on any atom is -0.309 e. The van der Waals surface area contributed by atoms with E-state index in [9.17, 15) is 0 Å². The highest BCUT2D eigenvalue weighted by molar-refractivity contribution is 7.15. The van der Waals surface area contributed by atoms with Crippen LogP contribution in [0.5, 0.6) is 0 Å². The quantitative estimate of drug-likeness (QED) is 0.824. The molecule has 0 bridgehead atoms. The van der Waals surface area contributed by atoms with Crippen LogP contribution < -0.4 is 5.32 Å². The smallest absolute Gasteiger partial charge is 0.194 e. The van der Waals surface area contributed by atoms with Crippen LogP contribution in [0.15, 0.2) is 5.38 Å². The van der Waals surface area contributed by atoms with Crippen molar-refractivity contribution >= 4 is 16.3 Å². The fourth-order valence-corrected chi connectivity index (χ4v) is 3.51. The predicted molar refractivity (Wildman–Crippen MR) is 87.5 cm³/mol. The maximum Gasteiger partial charge on any atom is 0.194 e. The molecule has 2 heterocycles. The molecule has 0 saturated heterocycles. The molecule has 0 amide bonds. The minimum absolute atomic E-state index is 0.567. The molecular weight excluding hydrogens is 266 g/mol. The average molecular weight is 293 g/mol. The molecule has 0 fully saturated rings. The van der Waals surface area contributed by atoms with Crippen LogP contribution in [0, 0.1) is 19.8 Å².